The van der Waals surface area contributed by atoms with Crippen LogP contribution in [0.5, 0.6) is 0 Å². The number of carbonyl (C=O) groups excluding carboxylic acids is 1. The summed E-state index contributed by atoms with van der Waals surface area (Å²) in [6.07, 6.45) is 7.42. The van der Waals surface area contributed by atoms with E-state index < -0.39 is 11.9 Å². The van der Waals surface area contributed by atoms with Gasteiger partial charge in [-0.3, -0.25) is 19.4 Å². The zero-order valence-corrected chi connectivity index (χ0v) is 20.3. The fourth-order valence-corrected chi connectivity index (χ4v) is 6.33. The first-order valence-corrected chi connectivity index (χ1v) is 12.8. The quantitative estimate of drug-likeness (QED) is 0.437. The fourth-order valence-electron chi connectivity index (χ4n) is 6.33. The molecular weight excluding hydrogens is 497 g/mol. The molecule has 12 heteroatoms. The lowest BCUT2D eigenvalue weighted by Crippen LogP contribution is -2.58. The Morgan fingerprint density at radius 1 is 0.947 bits per heavy atom. The van der Waals surface area contributed by atoms with Crippen LogP contribution in [0, 0.1) is 0 Å². The Kier molecular flexibility index (Phi) is 5.29. The van der Waals surface area contributed by atoms with Gasteiger partial charge in [0.25, 0.3) is 5.91 Å². The number of halogens is 3. The lowest BCUT2D eigenvalue weighted by molar-refractivity contribution is -0.141. The second-order valence-corrected chi connectivity index (χ2v) is 10.4. The molecule has 0 radical (unpaired) electrons. The molecule has 0 aromatic carbocycles. The van der Waals surface area contributed by atoms with Gasteiger partial charge in [-0.2, -0.15) is 18.3 Å². The molecule has 3 aliphatic rings. The number of pyridine rings is 1. The number of hydrogen-bond donors (Lipinski definition) is 1. The zero-order chi connectivity index (χ0) is 26.0. The van der Waals surface area contributed by atoms with E-state index in [-0.39, 0.29) is 29.6 Å². The van der Waals surface area contributed by atoms with E-state index in [1.165, 1.54) is 6.07 Å². The number of amides is 1. The Labute approximate surface area is 215 Å². The Morgan fingerprint density at radius 2 is 1.74 bits per heavy atom. The van der Waals surface area contributed by atoms with Crippen LogP contribution in [0.15, 0.2) is 49.3 Å². The van der Waals surface area contributed by atoms with Gasteiger partial charge in [0, 0.05) is 60.8 Å². The third kappa shape index (κ3) is 3.85. The van der Waals surface area contributed by atoms with E-state index in [4.69, 9.17) is 0 Å². The largest absolute Gasteiger partial charge is 0.433 e. The van der Waals surface area contributed by atoms with Gasteiger partial charge in [-0.25, -0.2) is 9.97 Å². The summed E-state index contributed by atoms with van der Waals surface area (Å²) in [7, 11) is 0. The van der Waals surface area contributed by atoms with Crippen molar-refractivity contribution in [2.75, 3.05) is 13.1 Å². The molecule has 4 aromatic rings. The first-order valence-electron chi connectivity index (χ1n) is 12.8. The molecule has 0 spiro atoms. The molecule has 1 N–H and O–H groups in total. The highest BCUT2D eigenvalue weighted by molar-refractivity contribution is 5.94. The first kappa shape index (κ1) is 23.3. The lowest BCUT2D eigenvalue weighted by Gasteiger charge is -2.49. The maximum absolute atomic E-state index is 13.2. The molecule has 7 heterocycles. The third-order valence-corrected chi connectivity index (χ3v) is 8.25. The second kappa shape index (κ2) is 8.62. The molecule has 4 aromatic heterocycles. The summed E-state index contributed by atoms with van der Waals surface area (Å²) in [5, 5.41) is 5.57. The molecule has 0 aliphatic carbocycles. The Bertz CT molecular complexity index is 1480. The van der Waals surface area contributed by atoms with E-state index in [0.29, 0.717) is 6.04 Å². The number of aromatic nitrogens is 6. The summed E-state index contributed by atoms with van der Waals surface area (Å²) in [5.41, 5.74) is 1.84. The van der Waals surface area contributed by atoms with Crippen LogP contribution in [0.3, 0.4) is 0 Å². The molecular formula is C26H25F3N8O. The Hall–Kier alpha value is -3.80. The monoisotopic (exact) mass is 522 g/mol. The van der Waals surface area contributed by atoms with E-state index in [0.717, 1.165) is 73.3 Å². The van der Waals surface area contributed by atoms with Crippen LogP contribution in [0.4, 0.5) is 13.2 Å². The molecule has 2 unspecified atom stereocenters. The van der Waals surface area contributed by atoms with Crippen LogP contribution in [0.1, 0.15) is 47.8 Å². The summed E-state index contributed by atoms with van der Waals surface area (Å²) >= 11 is 0. The van der Waals surface area contributed by atoms with Crippen LogP contribution >= 0.6 is 0 Å². The van der Waals surface area contributed by atoms with Gasteiger partial charge >= 0.3 is 6.18 Å². The second-order valence-electron chi connectivity index (χ2n) is 10.4. The molecule has 196 valence electrons. The number of piperidine rings is 1. The van der Waals surface area contributed by atoms with Crippen molar-refractivity contribution in [2.24, 2.45) is 0 Å². The highest BCUT2D eigenvalue weighted by Crippen LogP contribution is 2.41. The Morgan fingerprint density at radius 3 is 2.45 bits per heavy atom. The average molecular weight is 523 g/mol. The zero-order valence-electron chi connectivity index (χ0n) is 20.3. The van der Waals surface area contributed by atoms with Crippen molar-refractivity contribution >= 4 is 16.9 Å². The highest BCUT2D eigenvalue weighted by atomic mass is 19.4. The molecule has 9 nitrogen and oxygen atoms in total. The molecule has 2 bridgehead atoms. The number of rotatable bonds is 4. The molecule has 3 fully saturated rings. The van der Waals surface area contributed by atoms with E-state index in [1.807, 2.05) is 34.2 Å². The smallest absolute Gasteiger partial charge is 0.346 e. The molecule has 2 atom stereocenters. The number of likely N-dealkylation sites (tertiary alicyclic amines) is 1. The fraction of sp³-hybridized carbons (Fsp3) is 0.423. The predicted octanol–water partition coefficient (Wildman–Crippen LogP) is 3.93. The normalized spacial score (nSPS) is 24.2. The lowest BCUT2D eigenvalue weighted by atomic mass is 9.92. The number of nitrogens with zero attached hydrogens (tertiary/aromatic N) is 7. The molecule has 38 heavy (non-hydrogen) atoms. The van der Waals surface area contributed by atoms with Crippen molar-refractivity contribution in [3.8, 4) is 11.3 Å². The summed E-state index contributed by atoms with van der Waals surface area (Å²) < 4.78 is 40.6. The van der Waals surface area contributed by atoms with E-state index in [2.05, 4.69) is 29.9 Å². The minimum atomic E-state index is -4.52. The predicted molar refractivity (Wildman–Crippen MR) is 131 cm³/mol. The van der Waals surface area contributed by atoms with Crippen molar-refractivity contribution < 1.29 is 18.0 Å². The van der Waals surface area contributed by atoms with Gasteiger partial charge in [-0.15, -0.1) is 0 Å². The van der Waals surface area contributed by atoms with Crippen LogP contribution in [0.25, 0.3) is 22.3 Å². The summed E-state index contributed by atoms with van der Waals surface area (Å²) in [6, 6.07) is 4.96. The maximum Gasteiger partial charge on any atom is 0.433 e. The van der Waals surface area contributed by atoms with Crippen LogP contribution in [-0.2, 0) is 6.18 Å². The molecule has 3 aliphatic heterocycles. The minimum Gasteiger partial charge on any atom is -0.346 e. The summed E-state index contributed by atoms with van der Waals surface area (Å²) in [5.74, 6) is -0.219. The number of aromatic amines is 1. The van der Waals surface area contributed by atoms with Crippen molar-refractivity contribution in [3.05, 3.63) is 60.6 Å². The van der Waals surface area contributed by atoms with Crippen LogP contribution in [-0.4, -0.2) is 76.6 Å². The average Bonchev–Trinajstić information content (AvgIpc) is 3.60. The van der Waals surface area contributed by atoms with Gasteiger partial charge in [0.1, 0.15) is 17.7 Å². The number of carbonyl (C=O) groups is 1. The Balaban J connectivity index is 0.990. The highest BCUT2D eigenvalue weighted by Gasteiger charge is 2.47. The first-order chi connectivity index (χ1) is 18.3. The molecule has 0 saturated carbocycles. The minimum absolute atomic E-state index is 0.102. The van der Waals surface area contributed by atoms with Gasteiger partial charge in [-0.1, -0.05) is 0 Å². The van der Waals surface area contributed by atoms with Crippen molar-refractivity contribution in [1.29, 1.82) is 0 Å². The van der Waals surface area contributed by atoms with Crippen molar-refractivity contribution in [3.63, 3.8) is 0 Å². The van der Waals surface area contributed by atoms with E-state index in [1.54, 1.807) is 6.33 Å². The van der Waals surface area contributed by atoms with E-state index >= 15 is 0 Å². The number of H-pyrrole nitrogens is 1. The standard InChI is InChI=1S/C26H25F3N8O/c27-26(28,29)22-4-1-15(9-31-22)25(38)37-17-2-3-18(37)8-19(7-17)35-12-20(13-35)36-11-16(10-34-36)23-21-5-6-30-24(21)33-14-32-23/h1,4-6,9-11,14,17-20H,2-3,7-8,12-13H2,(H,30,32,33). The van der Waals surface area contributed by atoms with Gasteiger partial charge in [0.2, 0.25) is 0 Å². The number of alkyl halides is 3. The number of nitrogens with one attached hydrogen (secondary N) is 1. The molecule has 1 amide bonds. The maximum atomic E-state index is 13.2. The van der Waals surface area contributed by atoms with Gasteiger partial charge in [-0.05, 0) is 43.9 Å². The topological polar surface area (TPSA) is 95.8 Å². The molecule has 3 saturated heterocycles. The van der Waals surface area contributed by atoms with Crippen molar-refractivity contribution in [1.82, 2.24) is 39.5 Å². The molecule has 7 rings (SSSR count). The summed E-state index contributed by atoms with van der Waals surface area (Å²) in [6.45, 7) is 1.79. The summed E-state index contributed by atoms with van der Waals surface area (Å²) in [4.78, 5) is 32.8. The van der Waals surface area contributed by atoms with Gasteiger partial charge in [0.15, 0.2) is 0 Å². The van der Waals surface area contributed by atoms with Gasteiger partial charge in [0.05, 0.1) is 23.5 Å². The SMILES string of the molecule is O=C(c1ccc(C(F)(F)F)nc1)N1C2CCC1CC(N1CC(n3cc(-c4ncnc5[nH]ccc45)cn3)C1)C2. The third-order valence-electron chi connectivity index (χ3n) is 8.25. The number of hydrogen-bond acceptors (Lipinski definition) is 6. The van der Waals surface area contributed by atoms with Crippen molar-refractivity contribution in [2.45, 2.75) is 56.0 Å². The van der Waals surface area contributed by atoms with E-state index in [9.17, 15) is 18.0 Å². The number of fused-ring (bicyclic) bond motifs is 3. The van der Waals surface area contributed by atoms with Crippen LogP contribution < -0.4 is 0 Å². The van der Waals surface area contributed by atoms with Crippen LogP contribution in [0.2, 0.25) is 0 Å². The van der Waals surface area contributed by atoms with Gasteiger partial charge < -0.3 is 9.88 Å².